The molecule has 0 aromatic heterocycles. The lowest BCUT2D eigenvalue weighted by molar-refractivity contribution is -0.123. The van der Waals surface area contributed by atoms with Gasteiger partial charge in [-0.15, -0.1) is 0 Å². The van der Waals surface area contributed by atoms with Crippen LogP contribution in [0.2, 0.25) is 0 Å². The topological polar surface area (TPSA) is 61.4 Å². The average molecular weight is 174 g/mol. The van der Waals surface area contributed by atoms with Gasteiger partial charge in [-0.25, -0.2) is 0 Å². The minimum absolute atomic E-state index is 0.0443. The third-order valence-electron chi connectivity index (χ3n) is 1.41. The van der Waals surface area contributed by atoms with Gasteiger partial charge in [0.1, 0.15) is 0 Å². The molecule has 0 unspecified atom stereocenters. The first-order valence-electron chi connectivity index (χ1n) is 4.27. The summed E-state index contributed by atoms with van der Waals surface area (Å²) in [5.74, 6) is 0.114. The van der Waals surface area contributed by atoms with Gasteiger partial charge >= 0.3 is 0 Å². The van der Waals surface area contributed by atoms with Gasteiger partial charge < -0.3 is 15.7 Å². The molecule has 0 fully saturated rings. The Balaban J connectivity index is 3.14. The Morgan fingerprint density at radius 1 is 1.33 bits per heavy atom. The second kappa shape index (κ2) is 7.06. The molecule has 0 rings (SSSR count). The van der Waals surface area contributed by atoms with Crippen LogP contribution in [0.25, 0.3) is 0 Å². The second-order valence-corrected chi connectivity index (χ2v) is 2.92. The molecule has 1 amide bonds. The molecule has 0 spiro atoms. The highest BCUT2D eigenvalue weighted by molar-refractivity contribution is 5.77. The molecule has 0 heterocycles. The molecule has 0 aromatic carbocycles. The van der Waals surface area contributed by atoms with Gasteiger partial charge in [0.15, 0.2) is 0 Å². The molecule has 12 heavy (non-hydrogen) atoms. The van der Waals surface area contributed by atoms with Gasteiger partial charge in [-0.2, -0.15) is 0 Å². The van der Waals surface area contributed by atoms with Gasteiger partial charge in [-0.05, 0) is 0 Å². The fraction of sp³-hybridized carbons (Fsp3) is 0.875. The first-order chi connectivity index (χ1) is 5.68. The largest absolute Gasteiger partial charge is 0.395 e. The van der Waals surface area contributed by atoms with Gasteiger partial charge in [-0.3, -0.25) is 4.79 Å². The second-order valence-electron chi connectivity index (χ2n) is 2.92. The maximum absolute atomic E-state index is 11.0. The average Bonchev–Trinajstić information content (AvgIpc) is 2.03. The molecule has 0 atom stereocenters. The van der Waals surface area contributed by atoms with Crippen molar-refractivity contribution >= 4 is 5.91 Å². The molecule has 0 radical (unpaired) electrons. The molecule has 0 aromatic rings. The first kappa shape index (κ1) is 11.4. The van der Waals surface area contributed by atoms with Crippen LogP contribution in [-0.4, -0.2) is 37.3 Å². The van der Waals surface area contributed by atoms with Crippen LogP contribution in [0.1, 0.15) is 13.8 Å². The Hall–Kier alpha value is -0.610. The van der Waals surface area contributed by atoms with Gasteiger partial charge in [0.05, 0.1) is 6.61 Å². The monoisotopic (exact) mass is 174 g/mol. The standard InChI is InChI=1S/C8H18N2O2/c1-7(2)8(12)10-4-3-9-5-6-11/h7,9,11H,3-6H2,1-2H3,(H,10,12). The predicted octanol–water partition coefficient (Wildman–Crippen LogP) is -0.659. The lowest BCUT2D eigenvalue weighted by atomic mass is 10.2. The van der Waals surface area contributed by atoms with E-state index in [1.165, 1.54) is 0 Å². The molecule has 4 heteroatoms. The number of aliphatic hydroxyl groups excluding tert-OH is 1. The molecule has 0 aliphatic carbocycles. The fourth-order valence-corrected chi connectivity index (χ4v) is 0.682. The van der Waals surface area contributed by atoms with E-state index in [1.807, 2.05) is 13.8 Å². The number of carbonyl (C=O) groups excluding carboxylic acids is 1. The molecule has 0 saturated carbocycles. The van der Waals surface area contributed by atoms with Crippen LogP contribution < -0.4 is 10.6 Å². The molecule has 0 aliphatic heterocycles. The van der Waals surface area contributed by atoms with E-state index in [-0.39, 0.29) is 18.4 Å². The van der Waals surface area contributed by atoms with E-state index in [0.29, 0.717) is 19.6 Å². The Bertz CT molecular complexity index is 126. The number of nitrogens with one attached hydrogen (secondary N) is 2. The summed E-state index contributed by atoms with van der Waals surface area (Å²) < 4.78 is 0. The zero-order valence-electron chi connectivity index (χ0n) is 7.76. The quantitative estimate of drug-likeness (QED) is 0.468. The van der Waals surface area contributed by atoms with E-state index < -0.39 is 0 Å². The molecule has 3 N–H and O–H groups in total. The minimum atomic E-state index is 0.0443. The smallest absolute Gasteiger partial charge is 0.222 e. The third-order valence-corrected chi connectivity index (χ3v) is 1.41. The Morgan fingerprint density at radius 3 is 2.50 bits per heavy atom. The maximum Gasteiger partial charge on any atom is 0.222 e. The van der Waals surface area contributed by atoms with Crippen LogP contribution >= 0.6 is 0 Å². The molecular weight excluding hydrogens is 156 g/mol. The van der Waals surface area contributed by atoms with Gasteiger partial charge in [0.25, 0.3) is 0 Å². The summed E-state index contributed by atoms with van der Waals surface area (Å²) in [6, 6.07) is 0. The molecule has 0 saturated heterocycles. The number of rotatable bonds is 6. The summed E-state index contributed by atoms with van der Waals surface area (Å²) in [5.41, 5.74) is 0. The van der Waals surface area contributed by atoms with E-state index in [1.54, 1.807) is 0 Å². The molecule has 72 valence electrons. The number of hydrogen-bond donors (Lipinski definition) is 3. The van der Waals surface area contributed by atoms with Crippen LogP contribution in [0, 0.1) is 5.92 Å². The number of hydrogen-bond acceptors (Lipinski definition) is 3. The first-order valence-corrected chi connectivity index (χ1v) is 4.27. The number of aliphatic hydroxyl groups is 1. The molecular formula is C8H18N2O2. The van der Waals surface area contributed by atoms with Crippen molar-refractivity contribution in [1.82, 2.24) is 10.6 Å². The lowest BCUT2D eigenvalue weighted by Crippen LogP contribution is -2.34. The molecule has 0 aliphatic rings. The van der Waals surface area contributed by atoms with Gasteiger partial charge in [0.2, 0.25) is 5.91 Å². The summed E-state index contributed by atoms with van der Waals surface area (Å²) in [5, 5.41) is 14.1. The maximum atomic E-state index is 11.0. The highest BCUT2D eigenvalue weighted by atomic mass is 16.3. The fourth-order valence-electron chi connectivity index (χ4n) is 0.682. The van der Waals surface area contributed by atoms with Crippen molar-refractivity contribution in [2.45, 2.75) is 13.8 Å². The SMILES string of the molecule is CC(C)C(=O)NCCNCCO. The van der Waals surface area contributed by atoms with Crippen molar-refractivity contribution in [3.63, 3.8) is 0 Å². The Kier molecular flexibility index (Phi) is 6.70. The van der Waals surface area contributed by atoms with E-state index in [2.05, 4.69) is 10.6 Å². The number of amides is 1. The van der Waals surface area contributed by atoms with Crippen molar-refractivity contribution in [2.75, 3.05) is 26.2 Å². The van der Waals surface area contributed by atoms with Crippen molar-refractivity contribution in [2.24, 2.45) is 5.92 Å². The summed E-state index contributed by atoms with van der Waals surface area (Å²) >= 11 is 0. The summed E-state index contributed by atoms with van der Waals surface area (Å²) in [6.45, 7) is 5.76. The zero-order chi connectivity index (χ0) is 9.40. The highest BCUT2D eigenvalue weighted by Crippen LogP contribution is 1.88. The molecule has 0 bridgehead atoms. The van der Waals surface area contributed by atoms with Crippen LogP contribution in [0.5, 0.6) is 0 Å². The lowest BCUT2D eigenvalue weighted by Gasteiger charge is -2.07. The summed E-state index contributed by atoms with van der Waals surface area (Å²) in [6.07, 6.45) is 0. The summed E-state index contributed by atoms with van der Waals surface area (Å²) in [7, 11) is 0. The van der Waals surface area contributed by atoms with E-state index >= 15 is 0 Å². The number of carbonyl (C=O) groups is 1. The third kappa shape index (κ3) is 6.12. The molecule has 4 nitrogen and oxygen atoms in total. The van der Waals surface area contributed by atoms with Crippen molar-refractivity contribution < 1.29 is 9.90 Å². The van der Waals surface area contributed by atoms with E-state index in [4.69, 9.17) is 5.11 Å². The van der Waals surface area contributed by atoms with Gasteiger partial charge in [-0.1, -0.05) is 13.8 Å². The van der Waals surface area contributed by atoms with Crippen molar-refractivity contribution in [3.05, 3.63) is 0 Å². The predicted molar refractivity (Wildman–Crippen MR) is 47.8 cm³/mol. The minimum Gasteiger partial charge on any atom is -0.395 e. The van der Waals surface area contributed by atoms with Crippen LogP contribution in [0.4, 0.5) is 0 Å². The zero-order valence-corrected chi connectivity index (χ0v) is 7.76. The van der Waals surface area contributed by atoms with Crippen LogP contribution in [-0.2, 0) is 4.79 Å². The van der Waals surface area contributed by atoms with Crippen molar-refractivity contribution in [1.29, 1.82) is 0 Å². The van der Waals surface area contributed by atoms with E-state index in [0.717, 1.165) is 0 Å². The van der Waals surface area contributed by atoms with E-state index in [9.17, 15) is 4.79 Å². The highest BCUT2D eigenvalue weighted by Gasteiger charge is 2.03. The van der Waals surface area contributed by atoms with Gasteiger partial charge in [0, 0.05) is 25.6 Å². The van der Waals surface area contributed by atoms with Crippen LogP contribution in [0.3, 0.4) is 0 Å². The normalized spacial score (nSPS) is 10.3. The summed E-state index contributed by atoms with van der Waals surface area (Å²) in [4.78, 5) is 11.0. The Labute approximate surface area is 73.3 Å². The van der Waals surface area contributed by atoms with Crippen LogP contribution in [0.15, 0.2) is 0 Å². The van der Waals surface area contributed by atoms with Crippen molar-refractivity contribution in [3.8, 4) is 0 Å². The Morgan fingerprint density at radius 2 is 2.00 bits per heavy atom.